The fourth-order valence-corrected chi connectivity index (χ4v) is 1.31. The molecule has 1 aromatic rings. The van der Waals surface area contributed by atoms with E-state index in [4.69, 9.17) is 11.6 Å². The molecule has 0 fully saturated rings. The number of benzene rings is 1. The van der Waals surface area contributed by atoms with E-state index in [0.29, 0.717) is 5.02 Å². The van der Waals surface area contributed by atoms with Crippen LogP contribution >= 0.6 is 11.6 Å². The van der Waals surface area contributed by atoms with Gasteiger partial charge in [0.25, 0.3) is 0 Å². The molecule has 1 aromatic carbocycles. The van der Waals surface area contributed by atoms with Crippen LogP contribution in [0, 0.1) is 0 Å². The number of nitrogens with one attached hydrogen (secondary N) is 1. The highest BCUT2D eigenvalue weighted by atomic mass is 35.5. The zero-order chi connectivity index (χ0) is 11.3. The van der Waals surface area contributed by atoms with Crippen molar-refractivity contribution in [2.75, 3.05) is 0 Å². The molecule has 0 atom stereocenters. The maximum atomic E-state index is 11.3. The van der Waals surface area contributed by atoms with E-state index in [0.717, 1.165) is 5.56 Å². The van der Waals surface area contributed by atoms with Crippen LogP contribution in [0.15, 0.2) is 30.3 Å². The first kappa shape index (κ1) is 11.8. The fraction of sp³-hybridized carbons (Fsp3) is 0.250. The minimum Gasteiger partial charge on any atom is -0.350 e. The van der Waals surface area contributed by atoms with Crippen LogP contribution < -0.4 is 5.32 Å². The van der Waals surface area contributed by atoms with E-state index in [9.17, 15) is 4.79 Å². The smallest absolute Gasteiger partial charge is 0.244 e. The maximum Gasteiger partial charge on any atom is 0.244 e. The van der Waals surface area contributed by atoms with Crippen LogP contribution in [0.1, 0.15) is 19.4 Å². The molecule has 0 heterocycles. The van der Waals surface area contributed by atoms with Crippen molar-refractivity contribution in [3.8, 4) is 0 Å². The molecule has 0 aliphatic heterocycles. The molecule has 3 heteroatoms. The molecule has 80 valence electrons. The van der Waals surface area contributed by atoms with Gasteiger partial charge >= 0.3 is 0 Å². The van der Waals surface area contributed by atoms with Crippen LogP contribution in [-0.4, -0.2) is 11.9 Å². The topological polar surface area (TPSA) is 29.1 Å². The van der Waals surface area contributed by atoms with Crippen molar-refractivity contribution < 1.29 is 4.79 Å². The van der Waals surface area contributed by atoms with Gasteiger partial charge in [-0.05, 0) is 31.6 Å². The summed E-state index contributed by atoms with van der Waals surface area (Å²) < 4.78 is 0. The molecular formula is C12H14ClNO. The molecular weight excluding hydrogens is 210 g/mol. The summed E-state index contributed by atoms with van der Waals surface area (Å²) in [6.07, 6.45) is 3.20. The highest BCUT2D eigenvalue weighted by Gasteiger charge is 1.98. The number of hydrogen-bond acceptors (Lipinski definition) is 1. The van der Waals surface area contributed by atoms with Gasteiger partial charge in [-0.2, -0.15) is 0 Å². The van der Waals surface area contributed by atoms with Gasteiger partial charge in [0.1, 0.15) is 0 Å². The largest absolute Gasteiger partial charge is 0.350 e. The number of rotatable bonds is 3. The zero-order valence-electron chi connectivity index (χ0n) is 8.83. The summed E-state index contributed by atoms with van der Waals surface area (Å²) in [5.74, 6) is -0.107. The first-order chi connectivity index (χ1) is 7.09. The first-order valence-corrected chi connectivity index (χ1v) is 5.20. The molecule has 1 rings (SSSR count). The van der Waals surface area contributed by atoms with Crippen LogP contribution in [-0.2, 0) is 4.79 Å². The molecule has 0 unspecified atom stereocenters. The Kier molecular flexibility index (Phi) is 4.37. The Morgan fingerprint density at radius 3 is 2.67 bits per heavy atom. The Morgan fingerprint density at radius 1 is 1.40 bits per heavy atom. The number of carbonyl (C=O) groups is 1. The molecule has 0 aromatic heterocycles. The molecule has 15 heavy (non-hydrogen) atoms. The minimum absolute atomic E-state index is 0.107. The molecule has 1 N–H and O–H groups in total. The molecule has 2 nitrogen and oxygen atoms in total. The van der Waals surface area contributed by atoms with Crippen LogP contribution in [0.3, 0.4) is 0 Å². The van der Waals surface area contributed by atoms with Crippen LogP contribution in [0.25, 0.3) is 6.08 Å². The van der Waals surface area contributed by atoms with Crippen molar-refractivity contribution >= 4 is 23.6 Å². The van der Waals surface area contributed by atoms with E-state index in [1.54, 1.807) is 12.1 Å². The third kappa shape index (κ3) is 4.17. The average molecular weight is 224 g/mol. The lowest BCUT2D eigenvalue weighted by Crippen LogP contribution is -2.28. The van der Waals surface area contributed by atoms with Gasteiger partial charge in [0, 0.05) is 17.1 Å². The predicted octanol–water partition coefficient (Wildman–Crippen LogP) is 2.88. The number of hydrogen-bond donors (Lipinski definition) is 1. The van der Waals surface area contributed by atoms with Crippen molar-refractivity contribution in [1.29, 1.82) is 0 Å². The quantitative estimate of drug-likeness (QED) is 0.785. The van der Waals surface area contributed by atoms with Crippen LogP contribution in [0.5, 0.6) is 0 Å². The number of amides is 1. The molecule has 0 saturated carbocycles. The summed E-state index contributed by atoms with van der Waals surface area (Å²) in [6.45, 7) is 3.84. The van der Waals surface area contributed by atoms with E-state index >= 15 is 0 Å². The highest BCUT2D eigenvalue weighted by Crippen LogP contribution is 2.15. The third-order valence-electron chi connectivity index (χ3n) is 1.75. The molecule has 0 aliphatic carbocycles. The molecule has 0 saturated heterocycles. The predicted molar refractivity (Wildman–Crippen MR) is 63.8 cm³/mol. The molecule has 1 amide bonds. The Hall–Kier alpha value is -1.28. The van der Waals surface area contributed by atoms with E-state index < -0.39 is 0 Å². The van der Waals surface area contributed by atoms with Gasteiger partial charge in [0.2, 0.25) is 5.91 Å². The van der Waals surface area contributed by atoms with E-state index in [1.165, 1.54) is 6.08 Å². The minimum atomic E-state index is -0.107. The van der Waals surface area contributed by atoms with Crippen molar-refractivity contribution in [2.24, 2.45) is 0 Å². The lowest BCUT2D eigenvalue weighted by Gasteiger charge is -2.04. The highest BCUT2D eigenvalue weighted by molar-refractivity contribution is 6.32. The summed E-state index contributed by atoms with van der Waals surface area (Å²) in [4.78, 5) is 11.3. The van der Waals surface area contributed by atoms with E-state index in [2.05, 4.69) is 5.32 Å². The number of carbonyl (C=O) groups excluding carboxylic acids is 1. The Balaban J connectivity index is 2.66. The molecule has 0 bridgehead atoms. The zero-order valence-corrected chi connectivity index (χ0v) is 9.58. The number of halogens is 1. The lowest BCUT2D eigenvalue weighted by atomic mass is 10.2. The van der Waals surface area contributed by atoms with Gasteiger partial charge in [-0.1, -0.05) is 29.8 Å². The van der Waals surface area contributed by atoms with E-state index in [-0.39, 0.29) is 11.9 Å². The van der Waals surface area contributed by atoms with Crippen molar-refractivity contribution in [2.45, 2.75) is 19.9 Å². The van der Waals surface area contributed by atoms with Crippen molar-refractivity contribution in [3.05, 3.63) is 40.9 Å². The summed E-state index contributed by atoms with van der Waals surface area (Å²) in [5.41, 5.74) is 0.845. The third-order valence-corrected chi connectivity index (χ3v) is 2.09. The van der Waals surface area contributed by atoms with Gasteiger partial charge in [0.05, 0.1) is 0 Å². The summed E-state index contributed by atoms with van der Waals surface area (Å²) >= 11 is 5.93. The fourth-order valence-electron chi connectivity index (χ4n) is 1.11. The van der Waals surface area contributed by atoms with Crippen molar-refractivity contribution in [1.82, 2.24) is 5.32 Å². The van der Waals surface area contributed by atoms with Gasteiger partial charge in [-0.3, -0.25) is 4.79 Å². The van der Waals surface area contributed by atoms with Crippen LogP contribution in [0.4, 0.5) is 0 Å². The average Bonchev–Trinajstić information content (AvgIpc) is 2.15. The molecule has 0 spiro atoms. The van der Waals surface area contributed by atoms with Crippen molar-refractivity contribution in [3.63, 3.8) is 0 Å². The standard InChI is InChI=1S/C12H14ClNO/c1-9(2)14-12(15)8-7-10-5-3-4-6-11(10)13/h3-9H,1-2H3,(H,14,15)/b8-7-. The van der Waals surface area contributed by atoms with Gasteiger partial charge in [0.15, 0.2) is 0 Å². The SMILES string of the molecule is CC(C)NC(=O)/C=C\c1ccccc1Cl. The first-order valence-electron chi connectivity index (χ1n) is 4.82. The monoisotopic (exact) mass is 223 g/mol. The molecule has 0 aliphatic rings. The van der Waals surface area contributed by atoms with Gasteiger partial charge in [-0.15, -0.1) is 0 Å². The molecule has 0 radical (unpaired) electrons. The van der Waals surface area contributed by atoms with Gasteiger partial charge < -0.3 is 5.32 Å². The Bertz CT molecular complexity index is 372. The Labute approximate surface area is 94.9 Å². The second-order valence-corrected chi connectivity index (χ2v) is 3.93. The Morgan fingerprint density at radius 2 is 2.07 bits per heavy atom. The summed E-state index contributed by atoms with van der Waals surface area (Å²) in [6, 6.07) is 7.54. The summed E-state index contributed by atoms with van der Waals surface area (Å²) in [7, 11) is 0. The lowest BCUT2D eigenvalue weighted by molar-refractivity contribution is -0.116. The normalized spacial score (nSPS) is 10.9. The van der Waals surface area contributed by atoms with Crippen LogP contribution in [0.2, 0.25) is 5.02 Å². The maximum absolute atomic E-state index is 11.3. The second kappa shape index (κ2) is 5.56. The second-order valence-electron chi connectivity index (χ2n) is 3.52. The van der Waals surface area contributed by atoms with E-state index in [1.807, 2.05) is 32.0 Å². The summed E-state index contributed by atoms with van der Waals surface area (Å²) in [5, 5.41) is 3.41. The van der Waals surface area contributed by atoms with Gasteiger partial charge in [-0.25, -0.2) is 0 Å².